The van der Waals surface area contributed by atoms with Crippen molar-refractivity contribution in [2.75, 3.05) is 13.1 Å². The summed E-state index contributed by atoms with van der Waals surface area (Å²) in [5, 5.41) is 3.36. The van der Waals surface area contributed by atoms with E-state index in [4.69, 9.17) is 0 Å². The molecule has 98 valence electrons. The molecule has 6 heteroatoms. The van der Waals surface area contributed by atoms with Crippen molar-refractivity contribution < 1.29 is 13.2 Å². The SMILES string of the molecule is CC1(C)C(=O)N(CCCC2CCCN2)S1(=O)=O. The number of hydrogen-bond donors (Lipinski definition) is 1. The van der Waals surface area contributed by atoms with Gasteiger partial charge in [-0.15, -0.1) is 0 Å². The number of hydrogen-bond acceptors (Lipinski definition) is 4. The minimum Gasteiger partial charge on any atom is -0.314 e. The van der Waals surface area contributed by atoms with Crippen LogP contribution in [0.2, 0.25) is 0 Å². The molecular formula is C11H20N2O3S. The highest BCUT2D eigenvalue weighted by Crippen LogP contribution is 2.34. The summed E-state index contributed by atoms with van der Waals surface area (Å²) in [4.78, 5) is 11.7. The number of carbonyl (C=O) groups excluding carboxylic acids is 1. The van der Waals surface area contributed by atoms with E-state index < -0.39 is 14.8 Å². The predicted molar refractivity (Wildman–Crippen MR) is 65.0 cm³/mol. The van der Waals surface area contributed by atoms with Gasteiger partial charge in [0.15, 0.2) is 4.75 Å². The zero-order valence-corrected chi connectivity index (χ0v) is 11.2. The van der Waals surface area contributed by atoms with Gasteiger partial charge in [-0.3, -0.25) is 4.79 Å². The standard InChI is InChI=1S/C11H20N2O3S/c1-11(2)10(14)13(17(11,15)16)8-4-6-9-5-3-7-12-9/h9,12H,3-8H2,1-2H3. The zero-order chi connectivity index (χ0) is 12.7. The molecule has 0 radical (unpaired) electrons. The summed E-state index contributed by atoms with van der Waals surface area (Å²) >= 11 is 0. The Bertz CT molecular complexity index is 410. The van der Waals surface area contributed by atoms with Crippen molar-refractivity contribution in [2.24, 2.45) is 0 Å². The fourth-order valence-corrected chi connectivity index (χ4v) is 4.03. The van der Waals surface area contributed by atoms with E-state index in [1.807, 2.05) is 0 Å². The third-order valence-corrected chi connectivity index (χ3v) is 6.15. The van der Waals surface area contributed by atoms with Crippen LogP contribution < -0.4 is 5.32 Å². The molecule has 0 bridgehead atoms. The van der Waals surface area contributed by atoms with Crippen molar-refractivity contribution in [3.05, 3.63) is 0 Å². The number of nitrogens with zero attached hydrogens (tertiary/aromatic N) is 1. The van der Waals surface area contributed by atoms with Crippen LogP contribution in [0, 0.1) is 0 Å². The monoisotopic (exact) mass is 260 g/mol. The summed E-state index contributed by atoms with van der Waals surface area (Å²) in [7, 11) is -3.38. The molecule has 0 aromatic heterocycles. The van der Waals surface area contributed by atoms with Crippen LogP contribution in [0.5, 0.6) is 0 Å². The van der Waals surface area contributed by atoms with E-state index in [0.29, 0.717) is 12.6 Å². The summed E-state index contributed by atoms with van der Waals surface area (Å²) in [5.41, 5.74) is 0. The maximum Gasteiger partial charge on any atom is 0.258 e. The smallest absolute Gasteiger partial charge is 0.258 e. The lowest BCUT2D eigenvalue weighted by atomic mass is 10.1. The summed E-state index contributed by atoms with van der Waals surface area (Å²) in [6.45, 7) is 4.33. The number of sulfonamides is 1. The van der Waals surface area contributed by atoms with Crippen LogP contribution in [-0.2, 0) is 14.8 Å². The first-order valence-electron chi connectivity index (χ1n) is 6.17. The Morgan fingerprint density at radius 1 is 1.47 bits per heavy atom. The first-order valence-corrected chi connectivity index (χ1v) is 7.61. The van der Waals surface area contributed by atoms with Gasteiger partial charge in [-0.2, -0.15) is 0 Å². The van der Waals surface area contributed by atoms with Gasteiger partial charge >= 0.3 is 0 Å². The first kappa shape index (κ1) is 12.8. The molecule has 0 saturated carbocycles. The Labute approximate surface area is 103 Å². The summed E-state index contributed by atoms with van der Waals surface area (Å²) < 4.78 is 23.4. The molecule has 2 fully saturated rings. The van der Waals surface area contributed by atoms with Crippen LogP contribution in [0.15, 0.2) is 0 Å². The molecule has 1 atom stereocenters. The third kappa shape index (κ3) is 1.97. The molecule has 2 aliphatic heterocycles. The van der Waals surface area contributed by atoms with E-state index in [-0.39, 0.29) is 5.91 Å². The molecule has 2 heterocycles. The van der Waals surface area contributed by atoms with Crippen LogP contribution in [0.4, 0.5) is 0 Å². The van der Waals surface area contributed by atoms with Crippen molar-refractivity contribution in [3.63, 3.8) is 0 Å². The van der Waals surface area contributed by atoms with Crippen LogP contribution in [-0.4, -0.2) is 42.5 Å². The maximum absolute atomic E-state index is 11.8. The van der Waals surface area contributed by atoms with E-state index in [1.165, 1.54) is 20.3 Å². The second-order valence-corrected chi connectivity index (χ2v) is 7.74. The summed E-state index contributed by atoms with van der Waals surface area (Å²) in [6, 6.07) is 0.502. The van der Waals surface area contributed by atoms with E-state index in [0.717, 1.165) is 30.1 Å². The molecule has 0 aliphatic carbocycles. The fraction of sp³-hybridized carbons (Fsp3) is 0.909. The molecule has 1 N–H and O–H groups in total. The average molecular weight is 260 g/mol. The molecule has 2 saturated heterocycles. The van der Waals surface area contributed by atoms with Crippen molar-refractivity contribution >= 4 is 15.9 Å². The molecule has 1 amide bonds. The lowest BCUT2D eigenvalue weighted by Crippen LogP contribution is -2.67. The highest BCUT2D eigenvalue weighted by atomic mass is 32.2. The number of rotatable bonds is 4. The number of nitrogens with one attached hydrogen (secondary N) is 1. The second kappa shape index (κ2) is 4.24. The highest BCUT2D eigenvalue weighted by Gasteiger charge is 2.59. The van der Waals surface area contributed by atoms with Crippen molar-refractivity contribution in [3.8, 4) is 0 Å². The van der Waals surface area contributed by atoms with Crippen molar-refractivity contribution in [2.45, 2.75) is 50.3 Å². The van der Waals surface area contributed by atoms with Gasteiger partial charge < -0.3 is 5.32 Å². The first-order chi connectivity index (χ1) is 7.87. The Morgan fingerprint density at radius 3 is 2.71 bits per heavy atom. The minimum absolute atomic E-state index is 0.267. The molecule has 17 heavy (non-hydrogen) atoms. The van der Waals surface area contributed by atoms with Gasteiger partial charge in [0.25, 0.3) is 15.9 Å². The molecule has 0 spiro atoms. The average Bonchev–Trinajstić information content (AvgIpc) is 2.75. The van der Waals surface area contributed by atoms with Gasteiger partial charge in [-0.05, 0) is 46.1 Å². The van der Waals surface area contributed by atoms with Gasteiger partial charge in [0.2, 0.25) is 0 Å². The number of amides is 1. The normalized spacial score (nSPS) is 30.4. The molecule has 0 aromatic carbocycles. The van der Waals surface area contributed by atoms with Crippen LogP contribution >= 0.6 is 0 Å². The van der Waals surface area contributed by atoms with Gasteiger partial charge in [0, 0.05) is 12.6 Å². The molecule has 0 aromatic rings. The van der Waals surface area contributed by atoms with Crippen LogP contribution in [0.3, 0.4) is 0 Å². The minimum atomic E-state index is -3.38. The molecular weight excluding hydrogens is 240 g/mol. The summed E-state index contributed by atoms with van der Waals surface area (Å²) in [5.74, 6) is -0.267. The topological polar surface area (TPSA) is 66.5 Å². The van der Waals surface area contributed by atoms with Gasteiger partial charge in [0.1, 0.15) is 0 Å². The zero-order valence-electron chi connectivity index (χ0n) is 10.4. The molecule has 2 rings (SSSR count). The largest absolute Gasteiger partial charge is 0.314 e. The van der Waals surface area contributed by atoms with Gasteiger partial charge in [-0.1, -0.05) is 0 Å². The van der Waals surface area contributed by atoms with E-state index in [9.17, 15) is 13.2 Å². The maximum atomic E-state index is 11.8. The van der Waals surface area contributed by atoms with E-state index in [2.05, 4.69) is 5.32 Å². The van der Waals surface area contributed by atoms with Gasteiger partial charge in [-0.25, -0.2) is 12.7 Å². The molecule has 2 aliphatic rings. The van der Waals surface area contributed by atoms with Crippen molar-refractivity contribution in [1.29, 1.82) is 0 Å². The summed E-state index contributed by atoms with van der Waals surface area (Å²) in [6.07, 6.45) is 4.04. The van der Waals surface area contributed by atoms with Crippen molar-refractivity contribution in [1.82, 2.24) is 9.62 Å². The fourth-order valence-electron chi connectivity index (χ4n) is 2.46. The Balaban J connectivity index is 1.83. The lowest BCUT2D eigenvalue weighted by Gasteiger charge is -2.43. The quantitative estimate of drug-likeness (QED) is 0.798. The third-order valence-electron chi connectivity index (χ3n) is 3.75. The number of carbonyl (C=O) groups is 1. The van der Waals surface area contributed by atoms with Crippen LogP contribution in [0.1, 0.15) is 39.5 Å². The lowest BCUT2D eigenvalue weighted by molar-refractivity contribution is -0.132. The van der Waals surface area contributed by atoms with Crippen LogP contribution in [0.25, 0.3) is 0 Å². The van der Waals surface area contributed by atoms with Gasteiger partial charge in [0.05, 0.1) is 0 Å². The van der Waals surface area contributed by atoms with E-state index in [1.54, 1.807) is 0 Å². The highest BCUT2D eigenvalue weighted by molar-refractivity contribution is 7.94. The Morgan fingerprint density at radius 2 is 2.18 bits per heavy atom. The van der Waals surface area contributed by atoms with E-state index >= 15 is 0 Å². The molecule has 5 nitrogen and oxygen atoms in total. The Hall–Kier alpha value is -0.620. The second-order valence-electron chi connectivity index (χ2n) is 5.33. The Kier molecular flexibility index (Phi) is 3.20. The molecule has 1 unspecified atom stereocenters. The predicted octanol–water partition coefficient (Wildman–Crippen LogP) is 0.469.